The van der Waals surface area contributed by atoms with E-state index in [0.29, 0.717) is 35.2 Å². The smallest absolute Gasteiger partial charge is 0.342 e. The highest BCUT2D eigenvalue weighted by atomic mass is 32.1. The van der Waals surface area contributed by atoms with Crippen molar-refractivity contribution < 1.29 is 18.7 Å². The molecule has 0 spiro atoms. The highest BCUT2D eigenvalue weighted by Gasteiger charge is 2.28. The number of para-hydroxylation sites is 1. The fourth-order valence-corrected chi connectivity index (χ4v) is 4.62. The molecule has 2 N–H and O–H groups in total. The quantitative estimate of drug-likeness (QED) is 0.271. The zero-order valence-electron chi connectivity index (χ0n) is 19.4. The van der Waals surface area contributed by atoms with Crippen LogP contribution in [0.5, 0.6) is 0 Å². The van der Waals surface area contributed by atoms with Crippen LogP contribution in [0.1, 0.15) is 40.3 Å². The van der Waals surface area contributed by atoms with Crippen LogP contribution in [0, 0.1) is 20.8 Å². The maximum atomic E-state index is 12.7. The molecule has 0 aliphatic heterocycles. The van der Waals surface area contributed by atoms with E-state index in [1.165, 1.54) is 18.4 Å². The Kier molecular flexibility index (Phi) is 6.87. The van der Waals surface area contributed by atoms with Gasteiger partial charge in [0.2, 0.25) is 17.7 Å². The van der Waals surface area contributed by atoms with Crippen LogP contribution in [0.25, 0.3) is 20.8 Å². The van der Waals surface area contributed by atoms with E-state index < -0.39 is 5.97 Å². The number of amides is 1. The van der Waals surface area contributed by atoms with Crippen LogP contribution in [-0.2, 0) is 9.53 Å². The third-order valence-corrected chi connectivity index (χ3v) is 6.13. The summed E-state index contributed by atoms with van der Waals surface area (Å²) in [6.45, 7) is 6.01. The minimum absolute atomic E-state index is 0.188. The summed E-state index contributed by atoms with van der Waals surface area (Å²) in [5.74, 6) is 0.294. The topological polar surface area (TPSA) is 119 Å². The largest absolute Gasteiger partial charge is 0.465 e. The van der Waals surface area contributed by atoms with Crippen LogP contribution < -0.4 is 10.6 Å². The Morgan fingerprint density at radius 1 is 1.09 bits per heavy atom. The molecular weight excluding hydrogens is 454 g/mol. The summed E-state index contributed by atoms with van der Waals surface area (Å²) in [7, 11) is 1.31. The van der Waals surface area contributed by atoms with Crippen molar-refractivity contribution >= 4 is 45.3 Å². The van der Waals surface area contributed by atoms with Gasteiger partial charge in [0.15, 0.2) is 0 Å². The van der Waals surface area contributed by atoms with E-state index in [9.17, 15) is 9.59 Å². The number of benzene rings is 1. The van der Waals surface area contributed by atoms with Crippen LogP contribution >= 0.6 is 11.3 Å². The maximum absolute atomic E-state index is 12.7. The Morgan fingerprint density at radius 3 is 2.53 bits per heavy atom. The Morgan fingerprint density at radius 2 is 1.82 bits per heavy atom. The molecule has 0 saturated carbocycles. The van der Waals surface area contributed by atoms with E-state index in [4.69, 9.17) is 9.15 Å². The molecule has 1 aromatic carbocycles. The lowest BCUT2D eigenvalue weighted by molar-refractivity contribution is -0.116. The number of nitrogens with one attached hydrogen (secondary N) is 2. The molecule has 34 heavy (non-hydrogen) atoms. The van der Waals surface area contributed by atoms with Gasteiger partial charge in [-0.1, -0.05) is 12.1 Å². The third-order valence-electron chi connectivity index (χ3n) is 5.08. The Hall–Kier alpha value is -3.79. The molecule has 0 atom stereocenters. The lowest BCUT2D eigenvalue weighted by Gasteiger charge is -2.07. The zero-order chi connectivity index (χ0) is 24.2. The van der Waals surface area contributed by atoms with Crippen molar-refractivity contribution in [2.75, 3.05) is 24.3 Å². The SMILES string of the molecule is COC(=O)c1c(C)oc(NC(=O)CCCNc2nc(C)cc(C)n2)c1-c1nc2ccccc2s1. The number of carbonyl (C=O) groups is 2. The lowest BCUT2D eigenvalue weighted by Crippen LogP contribution is -2.14. The fourth-order valence-electron chi connectivity index (χ4n) is 3.61. The number of furan rings is 1. The molecule has 0 radical (unpaired) electrons. The van der Waals surface area contributed by atoms with Crippen molar-refractivity contribution in [1.82, 2.24) is 15.0 Å². The monoisotopic (exact) mass is 479 g/mol. The average Bonchev–Trinajstić information content (AvgIpc) is 3.35. The number of esters is 1. The summed E-state index contributed by atoms with van der Waals surface area (Å²) in [5, 5.41) is 6.51. The summed E-state index contributed by atoms with van der Waals surface area (Å²) in [6.07, 6.45) is 0.798. The van der Waals surface area contributed by atoms with Gasteiger partial charge in [-0.05, 0) is 45.4 Å². The van der Waals surface area contributed by atoms with Gasteiger partial charge in [-0.2, -0.15) is 0 Å². The van der Waals surface area contributed by atoms with Crippen LogP contribution in [-0.4, -0.2) is 40.5 Å². The van der Waals surface area contributed by atoms with Gasteiger partial charge >= 0.3 is 5.97 Å². The number of rotatable bonds is 8. The third kappa shape index (κ3) is 5.07. The van der Waals surface area contributed by atoms with E-state index in [-0.39, 0.29) is 23.8 Å². The van der Waals surface area contributed by atoms with Gasteiger partial charge in [-0.15, -0.1) is 11.3 Å². The summed E-state index contributed by atoms with van der Waals surface area (Å²) in [4.78, 5) is 38.5. The minimum Gasteiger partial charge on any atom is -0.465 e. The van der Waals surface area contributed by atoms with Crippen LogP contribution in [0.15, 0.2) is 34.7 Å². The minimum atomic E-state index is -0.548. The first-order valence-electron chi connectivity index (χ1n) is 10.8. The number of thiazole rings is 1. The number of fused-ring (bicyclic) bond motifs is 1. The van der Waals surface area contributed by atoms with Gasteiger partial charge in [-0.3, -0.25) is 10.1 Å². The summed E-state index contributed by atoms with van der Waals surface area (Å²) in [6, 6.07) is 9.56. The molecule has 0 bridgehead atoms. The maximum Gasteiger partial charge on any atom is 0.342 e. The lowest BCUT2D eigenvalue weighted by atomic mass is 10.1. The first kappa shape index (κ1) is 23.4. The molecule has 1 amide bonds. The van der Waals surface area contributed by atoms with Gasteiger partial charge < -0.3 is 14.5 Å². The zero-order valence-corrected chi connectivity index (χ0v) is 20.2. The molecule has 0 fully saturated rings. The van der Waals surface area contributed by atoms with Crippen molar-refractivity contribution in [3.05, 3.63) is 53.0 Å². The van der Waals surface area contributed by atoms with Crippen LogP contribution in [0.2, 0.25) is 0 Å². The van der Waals surface area contributed by atoms with Crippen molar-refractivity contribution in [2.45, 2.75) is 33.6 Å². The van der Waals surface area contributed by atoms with Gasteiger partial charge in [0.05, 0.1) is 22.9 Å². The second kappa shape index (κ2) is 10.0. The molecule has 9 nitrogen and oxygen atoms in total. The van der Waals surface area contributed by atoms with Crippen molar-refractivity contribution in [3.8, 4) is 10.6 Å². The number of ether oxygens (including phenoxy) is 1. The van der Waals surface area contributed by atoms with E-state index in [0.717, 1.165) is 21.6 Å². The molecule has 3 aromatic heterocycles. The number of hydrogen-bond donors (Lipinski definition) is 2. The second-order valence-corrected chi connectivity index (χ2v) is 8.80. The highest BCUT2D eigenvalue weighted by molar-refractivity contribution is 7.21. The molecule has 4 rings (SSSR count). The predicted molar refractivity (Wildman–Crippen MR) is 131 cm³/mol. The number of methoxy groups -OCH3 is 1. The van der Waals surface area contributed by atoms with E-state index in [2.05, 4.69) is 25.6 Å². The van der Waals surface area contributed by atoms with Crippen LogP contribution in [0.4, 0.5) is 11.8 Å². The molecule has 3 heterocycles. The highest BCUT2D eigenvalue weighted by Crippen LogP contribution is 2.40. The van der Waals surface area contributed by atoms with Gasteiger partial charge in [0.25, 0.3) is 0 Å². The molecule has 176 valence electrons. The molecular formula is C24H25N5O4S. The number of carbonyl (C=O) groups excluding carboxylic acids is 2. The van der Waals surface area contributed by atoms with E-state index in [1.807, 2.05) is 44.2 Å². The Balaban J connectivity index is 1.49. The van der Waals surface area contributed by atoms with Gasteiger partial charge in [0.1, 0.15) is 16.3 Å². The number of aromatic nitrogens is 3. The van der Waals surface area contributed by atoms with Crippen molar-refractivity contribution in [2.24, 2.45) is 0 Å². The molecule has 0 aliphatic carbocycles. The number of hydrogen-bond acceptors (Lipinski definition) is 9. The first-order valence-corrected chi connectivity index (χ1v) is 11.6. The van der Waals surface area contributed by atoms with Gasteiger partial charge in [-0.25, -0.2) is 19.7 Å². The number of nitrogens with zero attached hydrogens (tertiary/aromatic N) is 3. The van der Waals surface area contributed by atoms with Crippen molar-refractivity contribution in [3.63, 3.8) is 0 Å². The number of anilines is 2. The van der Waals surface area contributed by atoms with Crippen LogP contribution in [0.3, 0.4) is 0 Å². The number of aryl methyl sites for hydroxylation is 3. The van der Waals surface area contributed by atoms with Gasteiger partial charge in [0, 0.05) is 24.4 Å². The average molecular weight is 480 g/mol. The molecule has 4 aromatic rings. The first-order chi connectivity index (χ1) is 16.4. The summed E-state index contributed by atoms with van der Waals surface area (Å²) >= 11 is 1.41. The Bertz CT molecular complexity index is 1310. The molecule has 0 aliphatic rings. The fraction of sp³-hybridized carbons (Fsp3) is 0.292. The molecule has 0 saturated heterocycles. The standard InChI is InChI=1S/C24H25N5O4S/c1-13-12-14(2)27-24(26-13)25-11-7-10-18(30)29-21-20(19(15(3)33-21)23(31)32-4)22-28-16-8-5-6-9-17(16)34-22/h5-6,8-9,12H,7,10-11H2,1-4H3,(H,29,30)(H,25,26,27). The molecule has 0 unspecified atom stereocenters. The van der Waals surface area contributed by atoms with E-state index >= 15 is 0 Å². The van der Waals surface area contributed by atoms with Crippen molar-refractivity contribution in [1.29, 1.82) is 0 Å². The Labute approximate surface area is 200 Å². The summed E-state index contributed by atoms with van der Waals surface area (Å²) in [5.41, 5.74) is 3.25. The normalized spacial score (nSPS) is 10.9. The van der Waals surface area contributed by atoms with E-state index in [1.54, 1.807) is 6.92 Å². The predicted octanol–water partition coefficient (Wildman–Crippen LogP) is 4.89. The summed E-state index contributed by atoms with van der Waals surface area (Å²) < 4.78 is 11.7. The molecule has 10 heteroatoms. The second-order valence-electron chi connectivity index (χ2n) is 7.77.